The molecule has 2 heterocycles. The van der Waals surface area contributed by atoms with Crippen LogP contribution < -0.4 is 9.80 Å². The summed E-state index contributed by atoms with van der Waals surface area (Å²) in [5, 5.41) is 4.83. The third kappa shape index (κ3) is 8.58. The average molecular weight is 1050 g/mol. The molecule has 0 N–H and O–H groups in total. The lowest BCUT2D eigenvalue weighted by molar-refractivity contribution is 1.18. The predicted octanol–water partition coefficient (Wildman–Crippen LogP) is 21.5. The van der Waals surface area contributed by atoms with Crippen molar-refractivity contribution in [2.24, 2.45) is 0 Å². The van der Waals surface area contributed by atoms with Gasteiger partial charge in [-0.05, 0) is 166 Å². The highest BCUT2D eigenvalue weighted by Crippen LogP contribution is 2.45. The zero-order valence-electron chi connectivity index (χ0n) is 45.0. The topological polar surface area (TPSA) is 16.3 Å². The van der Waals surface area contributed by atoms with Crippen LogP contribution in [-0.4, -0.2) is 9.13 Å². The van der Waals surface area contributed by atoms with Gasteiger partial charge in [-0.1, -0.05) is 206 Å². The fourth-order valence-electron chi connectivity index (χ4n) is 12.3. The number of para-hydroxylation sites is 6. The summed E-state index contributed by atoms with van der Waals surface area (Å²) in [5.41, 5.74) is 22.9. The minimum Gasteiger partial charge on any atom is -0.310 e. The summed E-state index contributed by atoms with van der Waals surface area (Å²) in [6, 6.07) is 119. The second-order valence-corrected chi connectivity index (χ2v) is 20.9. The Morgan fingerprint density at radius 1 is 0.183 bits per heavy atom. The van der Waals surface area contributed by atoms with Gasteiger partial charge >= 0.3 is 0 Å². The summed E-state index contributed by atoms with van der Waals surface area (Å²) in [5.74, 6) is 0. The summed E-state index contributed by atoms with van der Waals surface area (Å²) in [6.45, 7) is 0. The molecule has 0 saturated carbocycles. The SMILES string of the molecule is c1ccc(-c2cc(-n3c4ccccc4c4cc(N(c5ccccc5)c5ccccc5)ccc43)ccc2-c2ccc(-c3ccc(-n4c5ccccc5c5cc(N(c6ccccc6)c6ccccc6)ccc54)cc3-c3ccccc3)cc2)cc1. The van der Waals surface area contributed by atoms with Crippen molar-refractivity contribution in [2.45, 2.75) is 0 Å². The van der Waals surface area contributed by atoms with Crippen LogP contribution in [-0.2, 0) is 0 Å². The molecule has 0 unspecified atom stereocenters. The molecule has 4 nitrogen and oxygen atoms in total. The third-order valence-electron chi connectivity index (χ3n) is 16.1. The van der Waals surface area contributed by atoms with Crippen molar-refractivity contribution in [2.75, 3.05) is 9.80 Å². The van der Waals surface area contributed by atoms with E-state index in [2.05, 4.69) is 347 Å². The zero-order valence-corrected chi connectivity index (χ0v) is 45.0. The fourth-order valence-corrected chi connectivity index (χ4v) is 12.3. The normalized spacial score (nSPS) is 11.4. The molecule has 0 fully saturated rings. The monoisotopic (exact) mass is 1050 g/mol. The first-order valence-corrected chi connectivity index (χ1v) is 28.1. The van der Waals surface area contributed by atoms with Crippen molar-refractivity contribution in [3.8, 4) is 55.9 Å². The van der Waals surface area contributed by atoms with E-state index in [1.165, 1.54) is 66.0 Å². The molecule has 0 bridgehead atoms. The summed E-state index contributed by atoms with van der Waals surface area (Å²) < 4.78 is 4.86. The van der Waals surface area contributed by atoms with Crippen molar-refractivity contribution in [3.63, 3.8) is 0 Å². The van der Waals surface area contributed by atoms with Crippen molar-refractivity contribution >= 4 is 77.7 Å². The fraction of sp³-hybridized carbons (Fsp3) is 0. The Morgan fingerprint density at radius 2 is 0.476 bits per heavy atom. The lowest BCUT2D eigenvalue weighted by Crippen LogP contribution is -2.09. The van der Waals surface area contributed by atoms with Gasteiger partial charge in [-0.2, -0.15) is 0 Å². The molecule has 2 aromatic heterocycles. The van der Waals surface area contributed by atoms with Crippen LogP contribution in [0.2, 0.25) is 0 Å². The van der Waals surface area contributed by atoms with E-state index in [4.69, 9.17) is 0 Å². The Hall–Kier alpha value is -10.9. The van der Waals surface area contributed by atoms with Gasteiger partial charge in [0.25, 0.3) is 0 Å². The van der Waals surface area contributed by atoms with Gasteiger partial charge in [0.1, 0.15) is 0 Å². The van der Waals surface area contributed by atoms with E-state index in [0.717, 1.165) is 67.7 Å². The number of benzene rings is 13. The molecule has 0 amide bonds. The smallest absolute Gasteiger partial charge is 0.0542 e. The minimum atomic E-state index is 1.11. The Morgan fingerprint density at radius 3 is 0.829 bits per heavy atom. The highest BCUT2D eigenvalue weighted by atomic mass is 15.1. The number of fused-ring (bicyclic) bond motifs is 6. The molecule has 0 radical (unpaired) electrons. The van der Waals surface area contributed by atoms with Crippen LogP contribution in [0.5, 0.6) is 0 Å². The molecule has 13 aromatic carbocycles. The maximum Gasteiger partial charge on any atom is 0.0542 e. The Kier molecular flexibility index (Phi) is 12.2. The van der Waals surface area contributed by atoms with Gasteiger partial charge in [-0.3, -0.25) is 0 Å². The molecule has 386 valence electrons. The van der Waals surface area contributed by atoms with Gasteiger partial charge in [0.2, 0.25) is 0 Å². The molecule has 0 atom stereocenters. The largest absolute Gasteiger partial charge is 0.310 e. The van der Waals surface area contributed by atoms with Crippen molar-refractivity contribution in [1.82, 2.24) is 9.13 Å². The summed E-state index contributed by atoms with van der Waals surface area (Å²) >= 11 is 0. The van der Waals surface area contributed by atoms with E-state index in [1.54, 1.807) is 0 Å². The van der Waals surface area contributed by atoms with Crippen LogP contribution >= 0.6 is 0 Å². The first-order valence-electron chi connectivity index (χ1n) is 28.1. The Balaban J connectivity index is 0.818. The summed E-state index contributed by atoms with van der Waals surface area (Å²) in [4.78, 5) is 4.68. The molecule has 0 aliphatic rings. The Labute approximate surface area is 477 Å². The molecule has 4 heteroatoms. The van der Waals surface area contributed by atoms with Crippen molar-refractivity contribution in [3.05, 3.63) is 328 Å². The standard InChI is InChI=1S/C78H54N4/c1-7-23-55(24-8-1)71-51-65(81-75-37-21-19-35-69(75)73-53-63(45-49-77(73)81)79(59-27-11-3-12-28-59)60-29-13-4-14-30-60)43-47-67(71)57-39-41-58(42-40-57)68-48-44-66(52-72(68)56-25-9-2-10-26-56)82-76-38-22-20-36-70(76)74-54-64(46-50-78(74)82)80(61-31-15-5-16-32-61)62-33-17-6-18-34-62/h1-54H. The molecule has 15 rings (SSSR count). The zero-order chi connectivity index (χ0) is 54.3. The van der Waals surface area contributed by atoms with Crippen LogP contribution in [0.3, 0.4) is 0 Å². The average Bonchev–Trinajstić information content (AvgIpc) is 4.22. The van der Waals surface area contributed by atoms with E-state index >= 15 is 0 Å². The molecule has 15 aromatic rings. The maximum atomic E-state index is 2.43. The number of aromatic nitrogens is 2. The summed E-state index contributed by atoms with van der Waals surface area (Å²) in [6.07, 6.45) is 0. The first kappa shape index (κ1) is 48.2. The lowest BCUT2D eigenvalue weighted by atomic mass is 9.90. The summed E-state index contributed by atoms with van der Waals surface area (Å²) in [7, 11) is 0. The van der Waals surface area contributed by atoms with E-state index in [1.807, 2.05) is 0 Å². The highest BCUT2D eigenvalue weighted by Gasteiger charge is 2.22. The van der Waals surface area contributed by atoms with Crippen LogP contribution in [0.1, 0.15) is 0 Å². The third-order valence-corrected chi connectivity index (χ3v) is 16.1. The number of hydrogen-bond donors (Lipinski definition) is 0. The van der Waals surface area contributed by atoms with Gasteiger partial charge in [-0.15, -0.1) is 0 Å². The number of rotatable bonds is 12. The van der Waals surface area contributed by atoms with Crippen LogP contribution in [0.15, 0.2) is 328 Å². The van der Waals surface area contributed by atoms with Gasteiger partial charge in [0, 0.05) is 67.0 Å². The van der Waals surface area contributed by atoms with Gasteiger partial charge in [0.15, 0.2) is 0 Å². The van der Waals surface area contributed by atoms with E-state index < -0.39 is 0 Å². The Bertz CT molecular complexity index is 4380. The molecule has 0 aliphatic heterocycles. The first-order chi connectivity index (χ1) is 40.7. The van der Waals surface area contributed by atoms with Crippen molar-refractivity contribution < 1.29 is 0 Å². The van der Waals surface area contributed by atoms with E-state index in [0.29, 0.717) is 0 Å². The number of hydrogen-bond acceptors (Lipinski definition) is 2. The van der Waals surface area contributed by atoms with Gasteiger partial charge in [0.05, 0.1) is 22.1 Å². The van der Waals surface area contributed by atoms with Crippen LogP contribution in [0, 0.1) is 0 Å². The predicted molar refractivity (Wildman–Crippen MR) is 346 cm³/mol. The lowest BCUT2D eigenvalue weighted by Gasteiger charge is -2.25. The maximum absolute atomic E-state index is 2.43. The number of anilines is 6. The van der Waals surface area contributed by atoms with Crippen molar-refractivity contribution in [1.29, 1.82) is 0 Å². The molecule has 0 saturated heterocycles. The van der Waals surface area contributed by atoms with E-state index in [9.17, 15) is 0 Å². The number of nitrogens with zero attached hydrogens (tertiary/aromatic N) is 4. The van der Waals surface area contributed by atoms with Crippen LogP contribution in [0.4, 0.5) is 34.1 Å². The quantitative estimate of drug-likeness (QED) is 0.121. The molecule has 0 aliphatic carbocycles. The van der Waals surface area contributed by atoms with Gasteiger partial charge in [-0.25, -0.2) is 0 Å². The second-order valence-electron chi connectivity index (χ2n) is 20.9. The highest BCUT2D eigenvalue weighted by molar-refractivity contribution is 6.12. The van der Waals surface area contributed by atoms with Crippen LogP contribution in [0.25, 0.3) is 99.5 Å². The minimum absolute atomic E-state index is 1.11. The molecular weight excluding hydrogens is 993 g/mol. The van der Waals surface area contributed by atoms with E-state index in [-0.39, 0.29) is 0 Å². The molecule has 0 spiro atoms. The molecular formula is C78H54N4. The van der Waals surface area contributed by atoms with Gasteiger partial charge < -0.3 is 18.9 Å². The molecule has 82 heavy (non-hydrogen) atoms. The second kappa shape index (κ2) is 20.7.